The lowest BCUT2D eigenvalue weighted by molar-refractivity contribution is -0.690. The fraction of sp³-hybridized carbons (Fsp3) is 0.143. The molecule has 1 heterocycles. The van der Waals surface area contributed by atoms with Crippen LogP contribution in [-0.2, 0) is 6.54 Å². The van der Waals surface area contributed by atoms with Gasteiger partial charge in [-0.25, -0.2) is 0 Å². The molecule has 0 saturated heterocycles. The summed E-state index contributed by atoms with van der Waals surface area (Å²) in [6.45, 7) is 0.168. The molecule has 0 amide bonds. The summed E-state index contributed by atoms with van der Waals surface area (Å²) in [5.74, 6) is -0.262. The molecule has 0 aliphatic rings. The van der Waals surface area contributed by atoms with Gasteiger partial charge in [-0.3, -0.25) is 4.79 Å². The van der Waals surface area contributed by atoms with Crippen LogP contribution in [0.3, 0.4) is 0 Å². The molecule has 1 aromatic heterocycles. The SMILES string of the molecule is O=C(CO)c1cccc[n+]1Cc1ccccc1. The lowest BCUT2D eigenvalue weighted by Gasteiger charge is -2.01. The highest BCUT2D eigenvalue weighted by molar-refractivity contribution is 5.93. The highest BCUT2D eigenvalue weighted by Crippen LogP contribution is 2.00. The number of ketones is 1. The van der Waals surface area contributed by atoms with Gasteiger partial charge in [0.25, 0.3) is 11.5 Å². The van der Waals surface area contributed by atoms with E-state index in [2.05, 4.69) is 0 Å². The Hall–Kier alpha value is -2.00. The maximum Gasteiger partial charge on any atom is 0.251 e. The third-order valence-electron chi connectivity index (χ3n) is 2.57. The molecule has 2 aromatic rings. The number of Topliss-reactive ketones (excluding diaryl/α,β-unsaturated/α-hetero) is 1. The van der Waals surface area contributed by atoms with E-state index < -0.39 is 6.61 Å². The minimum absolute atomic E-state index is 0.262. The molecule has 2 rings (SSSR count). The first-order valence-electron chi connectivity index (χ1n) is 5.47. The van der Waals surface area contributed by atoms with Crippen LogP contribution in [0.2, 0.25) is 0 Å². The highest BCUT2D eigenvalue weighted by atomic mass is 16.3. The molecule has 0 bridgehead atoms. The number of nitrogens with zero attached hydrogens (tertiary/aromatic N) is 1. The van der Waals surface area contributed by atoms with Gasteiger partial charge in [0, 0.05) is 17.7 Å². The first kappa shape index (κ1) is 11.5. The predicted octanol–water partition coefficient (Wildman–Crippen LogP) is 1.20. The van der Waals surface area contributed by atoms with Gasteiger partial charge in [0.15, 0.2) is 12.7 Å². The van der Waals surface area contributed by atoms with Crippen LogP contribution >= 0.6 is 0 Å². The van der Waals surface area contributed by atoms with E-state index in [-0.39, 0.29) is 5.78 Å². The van der Waals surface area contributed by atoms with Crippen molar-refractivity contribution in [2.75, 3.05) is 6.61 Å². The van der Waals surface area contributed by atoms with Crippen LogP contribution in [0, 0.1) is 0 Å². The average Bonchev–Trinajstić information content (AvgIpc) is 2.40. The van der Waals surface area contributed by atoms with Gasteiger partial charge in [0.05, 0.1) is 0 Å². The second-order valence-electron chi connectivity index (χ2n) is 3.78. The molecule has 3 heteroatoms. The summed E-state index contributed by atoms with van der Waals surface area (Å²) in [5, 5.41) is 8.92. The molecule has 1 aromatic carbocycles. The molecule has 0 unspecified atom stereocenters. The first-order chi connectivity index (χ1) is 8.31. The minimum atomic E-state index is -0.460. The summed E-state index contributed by atoms with van der Waals surface area (Å²) in [7, 11) is 0. The fourth-order valence-electron chi connectivity index (χ4n) is 1.73. The standard InChI is InChI=1S/C14H14NO2/c16-11-14(17)13-8-4-5-9-15(13)10-12-6-2-1-3-7-12/h1-9,16H,10-11H2/q+1. The van der Waals surface area contributed by atoms with Crippen LogP contribution in [0.5, 0.6) is 0 Å². The zero-order valence-corrected chi connectivity index (χ0v) is 9.41. The Morgan fingerprint density at radius 3 is 2.47 bits per heavy atom. The van der Waals surface area contributed by atoms with Gasteiger partial charge in [-0.2, -0.15) is 4.57 Å². The van der Waals surface area contributed by atoms with Crippen molar-refractivity contribution in [3.8, 4) is 0 Å². The van der Waals surface area contributed by atoms with Crippen molar-refractivity contribution in [2.45, 2.75) is 6.54 Å². The summed E-state index contributed by atoms with van der Waals surface area (Å²) in [6, 6.07) is 15.3. The van der Waals surface area contributed by atoms with Crippen LogP contribution in [0.25, 0.3) is 0 Å². The average molecular weight is 228 g/mol. The van der Waals surface area contributed by atoms with E-state index >= 15 is 0 Å². The number of pyridine rings is 1. The fourth-order valence-corrected chi connectivity index (χ4v) is 1.73. The van der Waals surface area contributed by atoms with E-state index in [9.17, 15) is 4.79 Å². The monoisotopic (exact) mass is 228 g/mol. The van der Waals surface area contributed by atoms with Gasteiger partial charge in [-0.05, 0) is 6.07 Å². The number of hydrogen-bond donors (Lipinski definition) is 1. The van der Waals surface area contributed by atoms with Gasteiger partial charge in [-0.15, -0.1) is 0 Å². The summed E-state index contributed by atoms with van der Waals surface area (Å²) >= 11 is 0. The number of aliphatic hydroxyl groups excluding tert-OH is 1. The normalized spacial score (nSPS) is 10.2. The van der Waals surface area contributed by atoms with E-state index in [4.69, 9.17) is 5.11 Å². The Kier molecular flexibility index (Phi) is 3.62. The Balaban J connectivity index is 2.30. The van der Waals surface area contributed by atoms with Crippen molar-refractivity contribution < 1.29 is 14.5 Å². The number of carbonyl (C=O) groups is 1. The molecule has 0 fully saturated rings. The van der Waals surface area contributed by atoms with Gasteiger partial charge in [0.2, 0.25) is 0 Å². The van der Waals surface area contributed by atoms with Crippen LogP contribution in [0.15, 0.2) is 54.7 Å². The van der Waals surface area contributed by atoms with Crippen LogP contribution in [0.1, 0.15) is 16.1 Å². The number of benzene rings is 1. The zero-order chi connectivity index (χ0) is 12.1. The molecule has 0 spiro atoms. The Morgan fingerprint density at radius 1 is 1.06 bits per heavy atom. The van der Waals surface area contributed by atoms with E-state index in [1.165, 1.54) is 0 Å². The topological polar surface area (TPSA) is 41.2 Å². The highest BCUT2D eigenvalue weighted by Gasteiger charge is 2.17. The third-order valence-corrected chi connectivity index (χ3v) is 2.57. The van der Waals surface area contributed by atoms with Crippen LogP contribution < -0.4 is 4.57 Å². The smallest absolute Gasteiger partial charge is 0.251 e. The van der Waals surface area contributed by atoms with Crippen molar-refractivity contribution in [1.82, 2.24) is 0 Å². The van der Waals surface area contributed by atoms with Crippen molar-refractivity contribution in [2.24, 2.45) is 0 Å². The minimum Gasteiger partial charge on any atom is -0.388 e. The number of hydrogen-bond acceptors (Lipinski definition) is 2. The molecule has 0 aliphatic carbocycles. The summed E-state index contributed by atoms with van der Waals surface area (Å²) in [5.41, 5.74) is 1.65. The van der Waals surface area contributed by atoms with E-state index in [1.807, 2.05) is 47.2 Å². The largest absolute Gasteiger partial charge is 0.388 e. The molecule has 1 N–H and O–H groups in total. The number of aromatic nitrogens is 1. The second-order valence-corrected chi connectivity index (χ2v) is 3.78. The molecule has 0 radical (unpaired) electrons. The quantitative estimate of drug-likeness (QED) is 0.631. The summed E-state index contributed by atoms with van der Waals surface area (Å²) in [6.07, 6.45) is 1.84. The lowest BCUT2D eigenvalue weighted by Crippen LogP contribution is -2.41. The Morgan fingerprint density at radius 2 is 1.76 bits per heavy atom. The number of aliphatic hydroxyl groups is 1. The van der Waals surface area contributed by atoms with Crippen molar-refractivity contribution in [3.63, 3.8) is 0 Å². The van der Waals surface area contributed by atoms with Gasteiger partial charge >= 0.3 is 0 Å². The molecule has 17 heavy (non-hydrogen) atoms. The Bertz CT molecular complexity index is 509. The van der Waals surface area contributed by atoms with E-state index in [0.29, 0.717) is 12.2 Å². The van der Waals surface area contributed by atoms with Crippen LogP contribution in [-0.4, -0.2) is 17.5 Å². The van der Waals surface area contributed by atoms with Gasteiger partial charge in [0.1, 0.15) is 6.61 Å². The second kappa shape index (κ2) is 5.37. The van der Waals surface area contributed by atoms with Gasteiger partial charge < -0.3 is 5.11 Å². The van der Waals surface area contributed by atoms with Gasteiger partial charge in [-0.1, -0.05) is 30.3 Å². The maximum absolute atomic E-state index is 11.6. The molecular weight excluding hydrogens is 214 g/mol. The van der Waals surface area contributed by atoms with E-state index in [0.717, 1.165) is 5.56 Å². The first-order valence-corrected chi connectivity index (χ1v) is 5.47. The Labute approximate surface area is 100.0 Å². The summed E-state index contributed by atoms with van der Waals surface area (Å²) < 4.78 is 1.84. The van der Waals surface area contributed by atoms with Crippen molar-refractivity contribution in [3.05, 3.63) is 66.0 Å². The number of carbonyl (C=O) groups excluding carboxylic acids is 1. The zero-order valence-electron chi connectivity index (χ0n) is 9.41. The molecular formula is C14H14NO2+. The summed E-state index contributed by atoms with van der Waals surface area (Å²) in [4.78, 5) is 11.6. The molecule has 0 aliphatic heterocycles. The third kappa shape index (κ3) is 2.77. The molecule has 86 valence electrons. The molecule has 0 saturated carbocycles. The van der Waals surface area contributed by atoms with Crippen molar-refractivity contribution >= 4 is 5.78 Å². The molecule has 0 atom stereocenters. The number of rotatable bonds is 4. The predicted molar refractivity (Wildman–Crippen MR) is 63.6 cm³/mol. The van der Waals surface area contributed by atoms with E-state index in [1.54, 1.807) is 12.1 Å². The molecule has 3 nitrogen and oxygen atoms in total. The van der Waals surface area contributed by atoms with Crippen molar-refractivity contribution in [1.29, 1.82) is 0 Å². The van der Waals surface area contributed by atoms with Crippen LogP contribution in [0.4, 0.5) is 0 Å². The maximum atomic E-state index is 11.6. The lowest BCUT2D eigenvalue weighted by atomic mass is 10.2.